The van der Waals surface area contributed by atoms with Crippen molar-refractivity contribution in [2.75, 3.05) is 0 Å². The van der Waals surface area contributed by atoms with Gasteiger partial charge in [-0.2, -0.15) is 5.10 Å². The van der Waals surface area contributed by atoms with Gasteiger partial charge in [-0.15, -0.1) is 0 Å². The molecule has 128 valence electrons. The Bertz CT molecular complexity index is 1040. The van der Waals surface area contributed by atoms with Gasteiger partial charge >= 0.3 is 0 Å². The first-order chi connectivity index (χ1) is 12.0. The molecular weight excluding hydrogens is 308 g/mol. The van der Waals surface area contributed by atoms with Crippen LogP contribution in [0.1, 0.15) is 50.6 Å². The topological polar surface area (TPSA) is 46.0 Å². The highest BCUT2D eigenvalue weighted by molar-refractivity contribution is 5.78. The van der Waals surface area contributed by atoms with Gasteiger partial charge in [0.25, 0.3) is 0 Å². The van der Waals surface area contributed by atoms with Crippen LogP contribution in [0.25, 0.3) is 16.4 Å². The molecule has 0 amide bonds. The fraction of sp³-hybridized carbons (Fsp3) is 0.333. The SMILES string of the molecule is CC(C)c1ncn2c(CC(C)(C)c3ccc4cn[nH]c4c3)cccc12. The first kappa shape index (κ1) is 15.9. The van der Waals surface area contributed by atoms with E-state index in [1.807, 2.05) is 12.5 Å². The molecule has 0 radical (unpaired) electrons. The minimum Gasteiger partial charge on any atom is -0.303 e. The summed E-state index contributed by atoms with van der Waals surface area (Å²) in [6.45, 7) is 8.98. The number of pyridine rings is 1. The third-order valence-electron chi connectivity index (χ3n) is 5.08. The average Bonchev–Trinajstić information content (AvgIpc) is 3.21. The smallest absolute Gasteiger partial charge is 0.0997 e. The molecule has 3 heterocycles. The lowest BCUT2D eigenvalue weighted by Gasteiger charge is -2.26. The molecule has 1 N–H and O–H groups in total. The van der Waals surface area contributed by atoms with Crippen LogP contribution in [-0.4, -0.2) is 19.6 Å². The summed E-state index contributed by atoms with van der Waals surface area (Å²) >= 11 is 0. The lowest BCUT2D eigenvalue weighted by atomic mass is 9.80. The third-order valence-corrected chi connectivity index (χ3v) is 5.08. The van der Waals surface area contributed by atoms with Crippen molar-refractivity contribution in [1.29, 1.82) is 0 Å². The Morgan fingerprint density at radius 1 is 1.16 bits per heavy atom. The second-order valence-corrected chi connectivity index (χ2v) is 7.79. The predicted octanol–water partition coefficient (Wildman–Crippen LogP) is 4.85. The van der Waals surface area contributed by atoms with E-state index in [9.17, 15) is 0 Å². The molecule has 1 aromatic carbocycles. The van der Waals surface area contributed by atoms with E-state index < -0.39 is 0 Å². The zero-order chi connectivity index (χ0) is 17.6. The van der Waals surface area contributed by atoms with Crippen molar-refractivity contribution < 1.29 is 0 Å². The van der Waals surface area contributed by atoms with E-state index in [1.165, 1.54) is 22.5 Å². The number of hydrogen-bond acceptors (Lipinski definition) is 2. The summed E-state index contributed by atoms with van der Waals surface area (Å²) in [5.41, 5.74) is 6.08. The Labute approximate surface area is 147 Å². The third kappa shape index (κ3) is 2.72. The van der Waals surface area contributed by atoms with Crippen LogP contribution in [0, 0.1) is 0 Å². The lowest BCUT2D eigenvalue weighted by molar-refractivity contribution is 0.513. The Hall–Kier alpha value is -2.62. The molecule has 0 saturated carbocycles. The largest absolute Gasteiger partial charge is 0.303 e. The Kier molecular flexibility index (Phi) is 3.64. The number of rotatable bonds is 4. The molecule has 0 atom stereocenters. The monoisotopic (exact) mass is 332 g/mol. The Morgan fingerprint density at radius 2 is 2.00 bits per heavy atom. The molecule has 4 rings (SSSR count). The Balaban J connectivity index is 1.74. The molecule has 25 heavy (non-hydrogen) atoms. The summed E-state index contributed by atoms with van der Waals surface area (Å²) in [6, 6.07) is 13.1. The molecule has 4 aromatic rings. The number of H-pyrrole nitrogens is 1. The molecule has 0 bridgehead atoms. The average molecular weight is 332 g/mol. The fourth-order valence-electron chi connectivity index (χ4n) is 3.60. The number of aromatic amines is 1. The normalized spacial score (nSPS) is 12.5. The first-order valence-electron chi connectivity index (χ1n) is 8.84. The van der Waals surface area contributed by atoms with Crippen molar-refractivity contribution in [3.05, 3.63) is 65.9 Å². The molecule has 0 unspecified atom stereocenters. The van der Waals surface area contributed by atoms with Gasteiger partial charge in [-0.05, 0) is 41.5 Å². The van der Waals surface area contributed by atoms with E-state index in [-0.39, 0.29) is 5.41 Å². The van der Waals surface area contributed by atoms with Crippen molar-refractivity contribution in [3.8, 4) is 0 Å². The lowest BCUT2D eigenvalue weighted by Crippen LogP contribution is -2.21. The molecule has 0 saturated heterocycles. The zero-order valence-corrected chi connectivity index (χ0v) is 15.2. The molecule has 0 aliphatic heterocycles. The van der Waals surface area contributed by atoms with Gasteiger partial charge in [-0.3, -0.25) is 5.10 Å². The molecule has 0 aliphatic rings. The number of aromatic nitrogens is 4. The second-order valence-electron chi connectivity index (χ2n) is 7.79. The maximum atomic E-state index is 4.64. The number of benzene rings is 1. The minimum absolute atomic E-state index is 0.00977. The van der Waals surface area contributed by atoms with Crippen molar-refractivity contribution in [2.24, 2.45) is 0 Å². The van der Waals surface area contributed by atoms with Crippen LogP contribution < -0.4 is 0 Å². The molecule has 0 spiro atoms. The van der Waals surface area contributed by atoms with E-state index in [2.05, 4.69) is 83.7 Å². The molecule has 0 fully saturated rings. The van der Waals surface area contributed by atoms with E-state index in [4.69, 9.17) is 0 Å². The fourth-order valence-corrected chi connectivity index (χ4v) is 3.60. The second kappa shape index (κ2) is 5.73. The van der Waals surface area contributed by atoms with Crippen LogP contribution in [0.3, 0.4) is 0 Å². The van der Waals surface area contributed by atoms with Crippen molar-refractivity contribution >= 4 is 16.4 Å². The summed E-state index contributed by atoms with van der Waals surface area (Å²) in [7, 11) is 0. The number of fused-ring (bicyclic) bond motifs is 2. The summed E-state index contributed by atoms with van der Waals surface area (Å²) in [4.78, 5) is 4.64. The van der Waals surface area contributed by atoms with Gasteiger partial charge in [-0.25, -0.2) is 4.98 Å². The number of nitrogens with one attached hydrogen (secondary N) is 1. The molecule has 3 aromatic heterocycles. The molecule has 4 nitrogen and oxygen atoms in total. The van der Waals surface area contributed by atoms with Crippen LogP contribution in [0.5, 0.6) is 0 Å². The van der Waals surface area contributed by atoms with Crippen LogP contribution in [0.4, 0.5) is 0 Å². The number of hydrogen-bond donors (Lipinski definition) is 1. The highest BCUT2D eigenvalue weighted by Gasteiger charge is 2.23. The van der Waals surface area contributed by atoms with Gasteiger partial charge in [-0.1, -0.05) is 45.9 Å². The van der Waals surface area contributed by atoms with Crippen LogP contribution in [-0.2, 0) is 11.8 Å². The van der Waals surface area contributed by atoms with E-state index in [0.29, 0.717) is 5.92 Å². The summed E-state index contributed by atoms with van der Waals surface area (Å²) < 4.78 is 2.24. The van der Waals surface area contributed by atoms with Crippen LogP contribution in [0.2, 0.25) is 0 Å². The number of imidazole rings is 1. The van der Waals surface area contributed by atoms with Gasteiger partial charge in [0.1, 0.15) is 0 Å². The summed E-state index contributed by atoms with van der Waals surface area (Å²) in [6.07, 6.45) is 4.78. The summed E-state index contributed by atoms with van der Waals surface area (Å²) in [5, 5.41) is 8.36. The van der Waals surface area contributed by atoms with Gasteiger partial charge < -0.3 is 4.40 Å². The quantitative estimate of drug-likeness (QED) is 0.580. The van der Waals surface area contributed by atoms with Crippen molar-refractivity contribution in [1.82, 2.24) is 19.6 Å². The number of nitrogens with zero attached hydrogens (tertiary/aromatic N) is 3. The predicted molar refractivity (Wildman–Crippen MR) is 102 cm³/mol. The van der Waals surface area contributed by atoms with E-state index >= 15 is 0 Å². The van der Waals surface area contributed by atoms with Gasteiger partial charge in [0.05, 0.1) is 29.3 Å². The van der Waals surface area contributed by atoms with Crippen molar-refractivity contribution in [2.45, 2.75) is 45.4 Å². The maximum absolute atomic E-state index is 4.64. The standard InChI is InChI=1S/C21H24N4/c1-14(2)20-19-7-5-6-17(25(19)13-22-20)11-21(3,4)16-9-8-15-12-23-24-18(15)10-16/h5-10,12-14H,11H2,1-4H3,(H,23,24). The van der Waals surface area contributed by atoms with E-state index in [0.717, 1.165) is 17.3 Å². The highest BCUT2D eigenvalue weighted by Crippen LogP contribution is 2.30. The maximum Gasteiger partial charge on any atom is 0.0997 e. The van der Waals surface area contributed by atoms with Crippen LogP contribution >= 0.6 is 0 Å². The van der Waals surface area contributed by atoms with Gasteiger partial charge in [0, 0.05) is 11.1 Å². The van der Waals surface area contributed by atoms with Crippen molar-refractivity contribution in [3.63, 3.8) is 0 Å². The van der Waals surface area contributed by atoms with Gasteiger partial charge in [0.15, 0.2) is 0 Å². The molecule has 4 heteroatoms. The van der Waals surface area contributed by atoms with Gasteiger partial charge in [0.2, 0.25) is 0 Å². The summed E-state index contributed by atoms with van der Waals surface area (Å²) in [5.74, 6) is 0.427. The zero-order valence-electron chi connectivity index (χ0n) is 15.2. The van der Waals surface area contributed by atoms with E-state index in [1.54, 1.807) is 0 Å². The molecule has 0 aliphatic carbocycles. The first-order valence-corrected chi connectivity index (χ1v) is 8.84. The Morgan fingerprint density at radius 3 is 2.80 bits per heavy atom. The highest BCUT2D eigenvalue weighted by atomic mass is 15.1. The minimum atomic E-state index is 0.00977. The van der Waals surface area contributed by atoms with Crippen LogP contribution in [0.15, 0.2) is 48.9 Å². The molecular formula is C21H24N4.